The Labute approximate surface area is 122 Å². The maximum absolute atomic E-state index is 12.1. The van der Waals surface area contributed by atoms with Crippen molar-refractivity contribution in [3.8, 4) is 0 Å². The Hall–Kier alpha value is -0.880. The number of carboxylic acid groups (broad SMARTS) is 1. The first-order chi connectivity index (χ1) is 8.40. The summed E-state index contributed by atoms with van der Waals surface area (Å²) in [5.41, 5.74) is 0.564. The summed E-state index contributed by atoms with van der Waals surface area (Å²) in [5.74, 6) is -0.969. The topological polar surface area (TPSA) is 57.6 Å². The van der Waals surface area contributed by atoms with Crippen molar-refractivity contribution in [1.29, 1.82) is 0 Å². The van der Waals surface area contributed by atoms with Gasteiger partial charge in [-0.05, 0) is 24.6 Å². The maximum atomic E-state index is 12.1. The van der Waals surface area contributed by atoms with Crippen molar-refractivity contribution in [3.05, 3.63) is 32.7 Å². The molecule has 98 valence electrons. The van der Waals surface area contributed by atoms with E-state index in [4.69, 9.17) is 5.11 Å². The predicted molar refractivity (Wildman–Crippen MR) is 75.7 cm³/mol. The van der Waals surface area contributed by atoms with E-state index >= 15 is 0 Å². The fourth-order valence-electron chi connectivity index (χ4n) is 1.47. The average molecular weight is 379 g/mol. The van der Waals surface area contributed by atoms with E-state index in [9.17, 15) is 9.59 Å². The summed E-state index contributed by atoms with van der Waals surface area (Å²) >= 11 is 6.65. The van der Waals surface area contributed by atoms with E-state index in [0.29, 0.717) is 18.5 Å². The molecule has 0 radical (unpaired) electrons. The number of benzene rings is 1. The van der Waals surface area contributed by atoms with E-state index in [0.717, 1.165) is 8.95 Å². The number of rotatable bonds is 5. The van der Waals surface area contributed by atoms with Crippen LogP contribution in [0.5, 0.6) is 0 Å². The Bertz CT molecular complexity index is 442. The van der Waals surface area contributed by atoms with Crippen LogP contribution in [0.15, 0.2) is 27.1 Å². The molecule has 0 aliphatic rings. The van der Waals surface area contributed by atoms with Gasteiger partial charge in [-0.2, -0.15) is 0 Å². The van der Waals surface area contributed by atoms with Crippen LogP contribution in [0, 0.1) is 0 Å². The SMILES string of the molecule is CN(CCCC(=O)O)C(=O)c1cc(Br)cc(Br)c1. The first kappa shape index (κ1) is 15.2. The van der Waals surface area contributed by atoms with Gasteiger partial charge in [0.15, 0.2) is 0 Å². The molecule has 1 rings (SSSR count). The first-order valence-electron chi connectivity index (χ1n) is 5.33. The minimum absolute atomic E-state index is 0.0692. The minimum Gasteiger partial charge on any atom is -0.481 e. The fourth-order valence-corrected chi connectivity index (χ4v) is 2.76. The molecular formula is C12H13Br2NO3. The highest BCUT2D eigenvalue weighted by Gasteiger charge is 2.13. The van der Waals surface area contributed by atoms with Gasteiger partial charge >= 0.3 is 5.97 Å². The lowest BCUT2D eigenvalue weighted by Gasteiger charge is -2.17. The second kappa shape index (κ2) is 6.89. The van der Waals surface area contributed by atoms with Crippen molar-refractivity contribution < 1.29 is 14.7 Å². The van der Waals surface area contributed by atoms with Crippen LogP contribution in [0.25, 0.3) is 0 Å². The lowest BCUT2D eigenvalue weighted by Crippen LogP contribution is -2.28. The number of carbonyl (C=O) groups excluding carboxylic acids is 1. The van der Waals surface area contributed by atoms with Gasteiger partial charge in [0.05, 0.1) is 0 Å². The van der Waals surface area contributed by atoms with Crippen LogP contribution in [-0.4, -0.2) is 35.5 Å². The highest BCUT2D eigenvalue weighted by atomic mass is 79.9. The maximum Gasteiger partial charge on any atom is 0.303 e. The molecule has 0 unspecified atom stereocenters. The molecule has 0 saturated heterocycles. The molecule has 0 saturated carbocycles. The number of amides is 1. The third kappa shape index (κ3) is 4.78. The summed E-state index contributed by atoms with van der Waals surface area (Å²) in [5, 5.41) is 8.54. The summed E-state index contributed by atoms with van der Waals surface area (Å²) in [7, 11) is 1.67. The molecule has 1 aromatic carbocycles. The molecule has 0 spiro atoms. The normalized spacial score (nSPS) is 10.2. The molecule has 18 heavy (non-hydrogen) atoms. The van der Waals surface area contributed by atoms with E-state index in [1.54, 1.807) is 19.2 Å². The van der Waals surface area contributed by atoms with Crippen LogP contribution in [0.3, 0.4) is 0 Å². The zero-order valence-electron chi connectivity index (χ0n) is 9.82. The second-order valence-corrected chi connectivity index (χ2v) is 5.71. The van der Waals surface area contributed by atoms with Crippen molar-refractivity contribution in [2.75, 3.05) is 13.6 Å². The standard InChI is InChI=1S/C12H13Br2NO3/c1-15(4-2-3-11(16)17)12(18)8-5-9(13)7-10(14)6-8/h5-7H,2-4H2,1H3,(H,16,17). The third-order valence-corrected chi connectivity index (χ3v) is 3.26. The third-order valence-electron chi connectivity index (χ3n) is 2.34. The fraction of sp³-hybridized carbons (Fsp3) is 0.333. The average Bonchev–Trinajstić information content (AvgIpc) is 2.26. The molecule has 0 heterocycles. The first-order valence-corrected chi connectivity index (χ1v) is 6.92. The van der Waals surface area contributed by atoms with Gasteiger partial charge in [0.25, 0.3) is 5.91 Å². The van der Waals surface area contributed by atoms with Crippen LogP contribution in [0.2, 0.25) is 0 Å². The van der Waals surface area contributed by atoms with Crippen LogP contribution >= 0.6 is 31.9 Å². The molecule has 0 fully saturated rings. The Balaban J connectivity index is 2.65. The number of halogens is 2. The summed E-state index contributed by atoms with van der Waals surface area (Å²) in [6.45, 7) is 0.426. The lowest BCUT2D eigenvalue weighted by atomic mass is 10.2. The highest BCUT2D eigenvalue weighted by molar-refractivity contribution is 9.11. The van der Waals surface area contributed by atoms with Gasteiger partial charge in [-0.1, -0.05) is 31.9 Å². The quantitative estimate of drug-likeness (QED) is 0.856. The van der Waals surface area contributed by atoms with E-state index in [-0.39, 0.29) is 12.3 Å². The number of carbonyl (C=O) groups is 2. The van der Waals surface area contributed by atoms with Crippen LogP contribution in [-0.2, 0) is 4.79 Å². The number of hydrogen-bond acceptors (Lipinski definition) is 2. The Morgan fingerprint density at radius 3 is 2.28 bits per heavy atom. The van der Waals surface area contributed by atoms with E-state index < -0.39 is 5.97 Å². The molecule has 0 aromatic heterocycles. The molecule has 0 aliphatic heterocycles. The van der Waals surface area contributed by atoms with Gasteiger partial charge in [0, 0.05) is 34.5 Å². The zero-order valence-corrected chi connectivity index (χ0v) is 13.0. The van der Waals surface area contributed by atoms with Crippen molar-refractivity contribution >= 4 is 43.7 Å². The van der Waals surface area contributed by atoms with Gasteiger partial charge in [0.1, 0.15) is 0 Å². The van der Waals surface area contributed by atoms with E-state index in [1.165, 1.54) is 4.90 Å². The van der Waals surface area contributed by atoms with Crippen molar-refractivity contribution in [3.63, 3.8) is 0 Å². The lowest BCUT2D eigenvalue weighted by molar-refractivity contribution is -0.137. The molecule has 0 bridgehead atoms. The van der Waals surface area contributed by atoms with E-state index in [1.807, 2.05) is 6.07 Å². The monoisotopic (exact) mass is 377 g/mol. The molecule has 4 nitrogen and oxygen atoms in total. The van der Waals surface area contributed by atoms with Crippen molar-refractivity contribution in [1.82, 2.24) is 4.90 Å². The summed E-state index contributed by atoms with van der Waals surface area (Å²) < 4.78 is 1.64. The molecule has 1 N–H and O–H groups in total. The van der Waals surface area contributed by atoms with Gasteiger partial charge < -0.3 is 10.0 Å². The highest BCUT2D eigenvalue weighted by Crippen LogP contribution is 2.21. The molecule has 0 aliphatic carbocycles. The van der Waals surface area contributed by atoms with Crippen molar-refractivity contribution in [2.24, 2.45) is 0 Å². The van der Waals surface area contributed by atoms with Gasteiger partial charge in [-0.25, -0.2) is 0 Å². The molecule has 6 heteroatoms. The molecule has 1 amide bonds. The van der Waals surface area contributed by atoms with Crippen LogP contribution < -0.4 is 0 Å². The van der Waals surface area contributed by atoms with Crippen LogP contribution in [0.4, 0.5) is 0 Å². The predicted octanol–water partition coefficient (Wildman–Crippen LogP) is 3.15. The Kier molecular flexibility index (Phi) is 5.81. The Morgan fingerprint density at radius 2 is 1.78 bits per heavy atom. The number of carboxylic acids is 1. The minimum atomic E-state index is -0.846. The number of aliphatic carboxylic acids is 1. The van der Waals surface area contributed by atoms with E-state index in [2.05, 4.69) is 31.9 Å². The summed E-state index contributed by atoms with van der Waals surface area (Å²) in [6.07, 6.45) is 0.520. The van der Waals surface area contributed by atoms with Crippen molar-refractivity contribution in [2.45, 2.75) is 12.8 Å². The summed E-state index contributed by atoms with van der Waals surface area (Å²) in [4.78, 5) is 24.0. The number of nitrogens with zero attached hydrogens (tertiary/aromatic N) is 1. The largest absolute Gasteiger partial charge is 0.481 e. The number of hydrogen-bond donors (Lipinski definition) is 1. The Morgan fingerprint density at radius 1 is 1.22 bits per heavy atom. The zero-order chi connectivity index (χ0) is 13.7. The van der Waals surface area contributed by atoms with Gasteiger partial charge in [-0.15, -0.1) is 0 Å². The summed E-state index contributed by atoms with van der Waals surface area (Å²) in [6, 6.07) is 5.32. The molecular weight excluding hydrogens is 366 g/mol. The second-order valence-electron chi connectivity index (χ2n) is 3.88. The van der Waals surface area contributed by atoms with Gasteiger partial charge in [0.2, 0.25) is 0 Å². The molecule has 1 aromatic rings. The molecule has 0 atom stereocenters. The smallest absolute Gasteiger partial charge is 0.303 e. The van der Waals surface area contributed by atoms with Crippen LogP contribution in [0.1, 0.15) is 23.2 Å². The van der Waals surface area contributed by atoms with Gasteiger partial charge in [-0.3, -0.25) is 9.59 Å².